The number of benzene rings is 3. The molecule has 2 heterocycles. The highest BCUT2D eigenvalue weighted by atomic mass is 19.1. The number of nitrogens with one attached hydrogen (secondary N) is 1. The molecule has 0 radical (unpaired) electrons. The van der Waals surface area contributed by atoms with Crippen LogP contribution in [0.4, 0.5) is 9.18 Å². The van der Waals surface area contributed by atoms with E-state index in [-0.39, 0.29) is 5.56 Å². The number of aromatic nitrogens is 2. The highest BCUT2D eigenvalue weighted by Gasteiger charge is 2.22. The van der Waals surface area contributed by atoms with Crippen molar-refractivity contribution in [3.05, 3.63) is 72.3 Å². The Bertz CT molecular complexity index is 1590. The Morgan fingerprint density at radius 2 is 1.76 bits per heavy atom. The molecule has 0 aliphatic heterocycles. The van der Waals surface area contributed by atoms with E-state index in [2.05, 4.69) is 4.98 Å². The fourth-order valence-electron chi connectivity index (χ4n) is 4.19. The summed E-state index contributed by atoms with van der Waals surface area (Å²) in [5, 5.41) is 2.94. The van der Waals surface area contributed by atoms with Crippen molar-refractivity contribution in [3.8, 4) is 11.1 Å². The van der Waals surface area contributed by atoms with Gasteiger partial charge < -0.3 is 15.5 Å². The van der Waals surface area contributed by atoms with Crippen molar-refractivity contribution >= 4 is 44.6 Å². The van der Waals surface area contributed by atoms with Crippen LogP contribution in [0, 0.1) is 5.82 Å². The van der Waals surface area contributed by atoms with Crippen molar-refractivity contribution in [3.63, 3.8) is 0 Å². The first-order valence-electron chi connectivity index (χ1n) is 10.5. The number of halogens is 1. The Labute approximate surface area is 188 Å². The van der Waals surface area contributed by atoms with Crippen LogP contribution in [0.25, 0.3) is 43.7 Å². The SMILES string of the molecule is CC(C)(C)OC(=O)n1cc2ccc(-c3c(F)cc(C(N)=O)c4[nH]c5ccccc5c34)cc2c1. The number of hydrogen-bond donors (Lipinski definition) is 2. The van der Waals surface area contributed by atoms with Crippen LogP contribution in [0.2, 0.25) is 0 Å². The Morgan fingerprint density at radius 1 is 1.03 bits per heavy atom. The van der Waals surface area contributed by atoms with Gasteiger partial charge in [0.15, 0.2) is 0 Å². The molecule has 0 spiro atoms. The number of primary amides is 1. The minimum Gasteiger partial charge on any atom is -0.443 e. The van der Waals surface area contributed by atoms with E-state index in [0.29, 0.717) is 22.0 Å². The molecule has 3 aromatic carbocycles. The lowest BCUT2D eigenvalue weighted by Gasteiger charge is -2.19. The zero-order valence-electron chi connectivity index (χ0n) is 18.4. The zero-order chi connectivity index (χ0) is 23.5. The summed E-state index contributed by atoms with van der Waals surface area (Å²) in [4.78, 5) is 27.7. The van der Waals surface area contributed by atoms with Crippen LogP contribution >= 0.6 is 0 Å². The molecular formula is C26H22FN3O3. The number of carbonyl (C=O) groups is 2. The molecule has 166 valence electrons. The van der Waals surface area contributed by atoms with Gasteiger partial charge in [0.05, 0.1) is 11.1 Å². The average Bonchev–Trinajstić information content (AvgIpc) is 3.33. The first-order valence-corrected chi connectivity index (χ1v) is 10.5. The second-order valence-corrected chi connectivity index (χ2v) is 9.06. The predicted molar refractivity (Wildman–Crippen MR) is 127 cm³/mol. The van der Waals surface area contributed by atoms with Crippen molar-refractivity contribution in [1.82, 2.24) is 9.55 Å². The van der Waals surface area contributed by atoms with E-state index in [1.54, 1.807) is 39.2 Å². The largest absolute Gasteiger partial charge is 0.443 e. The molecule has 5 aromatic rings. The van der Waals surface area contributed by atoms with E-state index < -0.39 is 23.4 Å². The van der Waals surface area contributed by atoms with E-state index in [9.17, 15) is 9.59 Å². The highest BCUT2D eigenvalue weighted by Crippen LogP contribution is 2.39. The van der Waals surface area contributed by atoms with Gasteiger partial charge in [0.1, 0.15) is 11.4 Å². The Kier molecular flexibility index (Phi) is 4.53. The summed E-state index contributed by atoms with van der Waals surface area (Å²) in [5.41, 5.74) is 7.26. The molecule has 0 saturated heterocycles. The average molecular weight is 443 g/mol. The molecule has 6 nitrogen and oxygen atoms in total. The number of rotatable bonds is 2. The normalized spacial score (nSPS) is 12.0. The molecular weight excluding hydrogens is 421 g/mol. The summed E-state index contributed by atoms with van der Waals surface area (Å²) in [6, 6.07) is 14.1. The third-order valence-electron chi connectivity index (χ3n) is 5.54. The number of nitrogens with two attached hydrogens (primary N) is 1. The summed E-state index contributed by atoms with van der Waals surface area (Å²) in [6.07, 6.45) is 2.85. The van der Waals surface area contributed by atoms with Crippen molar-refractivity contribution < 1.29 is 18.7 Å². The number of nitrogens with zero attached hydrogens (tertiary/aromatic N) is 1. The lowest BCUT2D eigenvalue weighted by Crippen LogP contribution is -2.26. The molecule has 0 unspecified atom stereocenters. The van der Waals surface area contributed by atoms with Crippen molar-refractivity contribution in [1.29, 1.82) is 0 Å². The molecule has 0 aliphatic rings. The van der Waals surface area contributed by atoms with Gasteiger partial charge >= 0.3 is 6.09 Å². The van der Waals surface area contributed by atoms with Gasteiger partial charge in [-0.25, -0.2) is 9.18 Å². The van der Waals surface area contributed by atoms with Gasteiger partial charge in [-0.2, -0.15) is 0 Å². The Morgan fingerprint density at radius 3 is 2.48 bits per heavy atom. The van der Waals surface area contributed by atoms with Crippen LogP contribution in [0.15, 0.2) is 60.9 Å². The number of hydrogen-bond acceptors (Lipinski definition) is 3. The van der Waals surface area contributed by atoms with E-state index >= 15 is 4.39 Å². The first-order chi connectivity index (χ1) is 15.6. The second-order valence-electron chi connectivity index (χ2n) is 9.06. The third kappa shape index (κ3) is 3.51. The quantitative estimate of drug-likeness (QED) is 0.352. The molecule has 0 aliphatic carbocycles. The fraction of sp³-hybridized carbons (Fsp3) is 0.154. The maximum atomic E-state index is 15.4. The molecule has 0 saturated carbocycles. The molecule has 2 aromatic heterocycles. The van der Waals surface area contributed by atoms with Gasteiger partial charge in [-0.15, -0.1) is 0 Å². The van der Waals surface area contributed by atoms with E-state index in [0.717, 1.165) is 21.7 Å². The van der Waals surface area contributed by atoms with Crippen LogP contribution in [-0.2, 0) is 4.74 Å². The maximum Gasteiger partial charge on any atom is 0.418 e. The predicted octanol–water partition coefficient (Wildman–Crippen LogP) is 5.96. The third-order valence-corrected chi connectivity index (χ3v) is 5.54. The summed E-state index contributed by atoms with van der Waals surface area (Å²) in [7, 11) is 0. The minimum absolute atomic E-state index is 0.0969. The molecule has 33 heavy (non-hydrogen) atoms. The number of carbonyl (C=O) groups excluding carboxylic acids is 2. The van der Waals surface area contributed by atoms with Crippen LogP contribution < -0.4 is 5.73 Å². The second kappa shape index (κ2) is 7.20. The number of ether oxygens (including phenoxy) is 1. The molecule has 0 fully saturated rings. The number of fused-ring (bicyclic) bond motifs is 4. The van der Waals surface area contributed by atoms with Crippen LogP contribution in [-0.4, -0.2) is 27.2 Å². The van der Waals surface area contributed by atoms with Crippen LogP contribution in [0.3, 0.4) is 0 Å². The van der Waals surface area contributed by atoms with Crippen molar-refractivity contribution in [2.24, 2.45) is 5.73 Å². The number of amides is 1. The molecule has 5 rings (SSSR count). The smallest absolute Gasteiger partial charge is 0.418 e. The number of aromatic amines is 1. The molecule has 7 heteroatoms. The highest BCUT2D eigenvalue weighted by molar-refractivity contribution is 6.20. The first kappa shape index (κ1) is 20.8. The monoisotopic (exact) mass is 443 g/mol. The minimum atomic E-state index is -0.707. The van der Waals surface area contributed by atoms with E-state index in [1.807, 2.05) is 36.4 Å². The Balaban J connectivity index is 1.73. The van der Waals surface area contributed by atoms with Gasteiger partial charge in [0, 0.05) is 45.0 Å². The summed E-state index contributed by atoms with van der Waals surface area (Å²) >= 11 is 0. The van der Waals surface area contributed by atoms with Crippen molar-refractivity contribution in [2.45, 2.75) is 26.4 Å². The molecule has 0 bridgehead atoms. The maximum absolute atomic E-state index is 15.4. The van der Waals surface area contributed by atoms with Gasteiger partial charge in [0.2, 0.25) is 0 Å². The van der Waals surface area contributed by atoms with Gasteiger partial charge in [-0.05, 0) is 44.5 Å². The van der Waals surface area contributed by atoms with Gasteiger partial charge in [0.25, 0.3) is 5.91 Å². The fourth-order valence-corrected chi connectivity index (χ4v) is 4.19. The molecule has 3 N–H and O–H groups in total. The van der Waals surface area contributed by atoms with Crippen LogP contribution in [0.1, 0.15) is 31.1 Å². The van der Waals surface area contributed by atoms with Crippen LogP contribution in [0.5, 0.6) is 0 Å². The Hall–Kier alpha value is -4.13. The lowest BCUT2D eigenvalue weighted by molar-refractivity contribution is 0.0537. The standard InChI is InChI=1S/C26H22FN3O3/c1-26(2,3)33-25(32)30-12-15-9-8-14(10-16(15)13-30)21-19(27)11-18(24(28)31)23-22(21)17-6-4-5-7-20(17)29-23/h4-13,29H,1-3H3,(H2,28,31). The number of H-pyrrole nitrogens is 1. The van der Waals surface area contributed by atoms with Gasteiger partial charge in [-0.3, -0.25) is 9.36 Å². The lowest BCUT2D eigenvalue weighted by atomic mass is 9.95. The summed E-state index contributed by atoms with van der Waals surface area (Å²) in [5.74, 6) is -1.26. The molecule has 0 atom stereocenters. The topological polar surface area (TPSA) is 90.1 Å². The molecule has 1 amide bonds. The zero-order valence-corrected chi connectivity index (χ0v) is 18.4. The van der Waals surface area contributed by atoms with Gasteiger partial charge in [-0.1, -0.05) is 30.3 Å². The summed E-state index contributed by atoms with van der Waals surface area (Å²) in [6.45, 7) is 5.41. The van der Waals surface area contributed by atoms with E-state index in [4.69, 9.17) is 10.5 Å². The number of para-hydroxylation sites is 1. The van der Waals surface area contributed by atoms with E-state index in [1.165, 1.54) is 10.6 Å². The summed E-state index contributed by atoms with van der Waals surface area (Å²) < 4.78 is 22.3. The van der Waals surface area contributed by atoms with Crippen molar-refractivity contribution in [2.75, 3.05) is 0 Å².